The maximum absolute atomic E-state index is 12.0. The number of nitrogens with one attached hydrogen (secondary N) is 1. The second kappa shape index (κ2) is 5.47. The van der Waals surface area contributed by atoms with Crippen LogP contribution in [-0.2, 0) is 4.79 Å². The zero-order chi connectivity index (χ0) is 14.1. The van der Waals surface area contributed by atoms with Gasteiger partial charge in [-0.25, -0.2) is 0 Å². The lowest BCUT2D eigenvalue weighted by atomic mass is 9.95. The molecular weight excluding hydrogens is 250 g/mol. The van der Waals surface area contributed by atoms with Crippen LogP contribution in [0.4, 0.5) is 0 Å². The number of ether oxygens (including phenoxy) is 1. The fourth-order valence-corrected chi connectivity index (χ4v) is 3.77. The lowest BCUT2D eigenvalue weighted by Crippen LogP contribution is -2.40. The summed E-state index contributed by atoms with van der Waals surface area (Å²) < 4.78 is 5.63. The average Bonchev–Trinajstić information content (AvgIpc) is 3.00. The Balaban J connectivity index is 1.49. The monoisotopic (exact) mass is 273 g/mol. The van der Waals surface area contributed by atoms with E-state index in [0.29, 0.717) is 12.0 Å². The lowest BCUT2D eigenvalue weighted by molar-refractivity contribution is -0.124. The van der Waals surface area contributed by atoms with E-state index < -0.39 is 0 Å². The Morgan fingerprint density at radius 3 is 2.80 bits per heavy atom. The van der Waals surface area contributed by atoms with Crippen molar-refractivity contribution in [3.05, 3.63) is 29.3 Å². The van der Waals surface area contributed by atoms with Crippen molar-refractivity contribution in [3.63, 3.8) is 0 Å². The Kier molecular flexibility index (Phi) is 3.68. The van der Waals surface area contributed by atoms with Crippen molar-refractivity contribution in [2.24, 2.45) is 11.8 Å². The third-order valence-corrected chi connectivity index (χ3v) is 4.77. The fraction of sp³-hybridized carbons (Fsp3) is 0.588. The summed E-state index contributed by atoms with van der Waals surface area (Å²) in [5.74, 6) is 2.39. The molecule has 2 aliphatic rings. The maximum Gasteiger partial charge on any atom is 0.258 e. The molecule has 0 unspecified atom stereocenters. The molecule has 0 aromatic heterocycles. The van der Waals surface area contributed by atoms with Gasteiger partial charge in [0.1, 0.15) is 5.75 Å². The van der Waals surface area contributed by atoms with Gasteiger partial charge in [0, 0.05) is 6.04 Å². The van der Waals surface area contributed by atoms with E-state index in [1.807, 2.05) is 19.1 Å². The van der Waals surface area contributed by atoms with E-state index in [1.165, 1.54) is 31.2 Å². The number of amides is 1. The number of carbonyl (C=O) groups excluding carboxylic acids is 1. The van der Waals surface area contributed by atoms with Crippen LogP contribution in [-0.4, -0.2) is 18.6 Å². The van der Waals surface area contributed by atoms with Crippen molar-refractivity contribution >= 4 is 5.91 Å². The van der Waals surface area contributed by atoms with E-state index in [9.17, 15) is 4.79 Å². The van der Waals surface area contributed by atoms with Crippen LogP contribution in [0.5, 0.6) is 5.75 Å². The molecule has 2 fully saturated rings. The van der Waals surface area contributed by atoms with Crippen molar-refractivity contribution in [2.45, 2.75) is 45.6 Å². The number of carbonyl (C=O) groups is 1. The quantitative estimate of drug-likeness (QED) is 0.916. The highest BCUT2D eigenvalue weighted by Gasteiger charge is 2.40. The molecular formula is C17H23NO2. The molecule has 0 aliphatic heterocycles. The number of benzene rings is 1. The van der Waals surface area contributed by atoms with Gasteiger partial charge in [-0.1, -0.05) is 24.1 Å². The van der Waals surface area contributed by atoms with Gasteiger partial charge in [-0.05, 0) is 56.6 Å². The largest absolute Gasteiger partial charge is 0.484 e. The molecule has 2 bridgehead atoms. The number of hydrogen-bond acceptors (Lipinski definition) is 2. The van der Waals surface area contributed by atoms with Crippen LogP contribution in [0.15, 0.2) is 18.2 Å². The zero-order valence-electron chi connectivity index (χ0n) is 12.3. The molecule has 3 nitrogen and oxygen atoms in total. The van der Waals surface area contributed by atoms with Gasteiger partial charge in [0.05, 0.1) is 0 Å². The Morgan fingerprint density at radius 2 is 2.15 bits per heavy atom. The smallest absolute Gasteiger partial charge is 0.258 e. The highest BCUT2D eigenvalue weighted by molar-refractivity contribution is 5.78. The van der Waals surface area contributed by atoms with Crippen molar-refractivity contribution in [2.75, 3.05) is 6.61 Å². The van der Waals surface area contributed by atoms with Gasteiger partial charge in [-0.3, -0.25) is 4.79 Å². The lowest BCUT2D eigenvalue weighted by Gasteiger charge is -2.23. The summed E-state index contributed by atoms with van der Waals surface area (Å²) in [6.07, 6.45) is 5.12. The highest BCUT2D eigenvalue weighted by Crippen LogP contribution is 2.44. The summed E-state index contributed by atoms with van der Waals surface area (Å²) in [6, 6.07) is 6.42. The molecule has 0 radical (unpaired) electrons. The Hall–Kier alpha value is -1.51. The van der Waals surface area contributed by atoms with Gasteiger partial charge in [0.15, 0.2) is 6.61 Å². The van der Waals surface area contributed by atoms with E-state index in [1.54, 1.807) is 0 Å². The predicted molar refractivity (Wildman–Crippen MR) is 78.8 cm³/mol. The normalized spacial score (nSPS) is 27.6. The zero-order valence-corrected chi connectivity index (χ0v) is 12.3. The van der Waals surface area contributed by atoms with Crippen molar-refractivity contribution in [1.82, 2.24) is 5.32 Å². The summed E-state index contributed by atoms with van der Waals surface area (Å²) >= 11 is 0. The van der Waals surface area contributed by atoms with Gasteiger partial charge >= 0.3 is 0 Å². The Bertz CT molecular complexity index is 512. The van der Waals surface area contributed by atoms with Crippen LogP contribution in [0.1, 0.15) is 36.8 Å². The summed E-state index contributed by atoms with van der Waals surface area (Å²) in [6.45, 7) is 4.19. The van der Waals surface area contributed by atoms with Crippen LogP contribution < -0.4 is 10.1 Å². The minimum Gasteiger partial charge on any atom is -0.484 e. The number of hydrogen-bond donors (Lipinski definition) is 1. The van der Waals surface area contributed by atoms with E-state index in [0.717, 1.165) is 17.2 Å². The van der Waals surface area contributed by atoms with Gasteiger partial charge in [0.2, 0.25) is 0 Å². The molecule has 1 aromatic carbocycles. The molecule has 0 spiro atoms. The first kappa shape index (κ1) is 13.5. The molecule has 0 heterocycles. The second-order valence-electron chi connectivity index (χ2n) is 6.41. The van der Waals surface area contributed by atoms with E-state index >= 15 is 0 Å². The predicted octanol–water partition coefficient (Wildman–Crippen LogP) is 2.99. The molecule has 2 aliphatic carbocycles. The molecule has 2 saturated carbocycles. The maximum atomic E-state index is 12.0. The highest BCUT2D eigenvalue weighted by atomic mass is 16.5. The molecule has 0 saturated heterocycles. The molecule has 1 N–H and O–H groups in total. The Labute approximate surface area is 120 Å². The molecule has 3 heteroatoms. The van der Waals surface area contributed by atoms with Crippen molar-refractivity contribution in [1.29, 1.82) is 0 Å². The molecule has 1 aromatic rings. The molecule has 3 atom stereocenters. The third kappa shape index (κ3) is 2.82. The minimum absolute atomic E-state index is 0.0162. The summed E-state index contributed by atoms with van der Waals surface area (Å²) in [7, 11) is 0. The first-order chi connectivity index (χ1) is 9.61. The van der Waals surface area contributed by atoms with Gasteiger partial charge in [-0.2, -0.15) is 0 Å². The first-order valence-electron chi connectivity index (χ1n) is 7.61. The molecule has 20 heavy (non-hydrogen) atoms. The SMILES string of the molecule is Cc1ccc(OCC(=O)N[C@H]2C[C@H]3CC[C@H]2C3)c(C)c1. The summed E-state index contributed by atoms with van der Waals surface area (Å²) in [5.41, 5.74) is 2.29. The Morgan fingerprint density at radius 1 is 1.30 bits per heavy atom. The van der Waals surface area contributed by atoms with Crippen LogP contribution >= 0.6 is 0 Å². The summed E-state index contributed by atoms with van der Waals surface area (Å²) in [5, 5.41) is 3.15. The van der Waals surface area contributed by atoms with Crippen LogP contribution in [0.25, 0.3) is 0 Å². The van der Waals surface area contributed by atoms with Crippen molar-refractivity contribution < 1.29 is 9.53 Å². The van der Waals surface area contributed by atoms with Crippen LogP contribution in [0, 0.1) is 25.7 Å². The van der Waals surface area contributed by atoms with E-state index in [4.69, 9.17) is 4.74 Å². The number of aryl methyl sites for hydroxylation is 2. The van der Waals surface area contributed by atoms with Crippen LogP contribution in [0.2, 0.25) is 0 Å². The topological polar surface area (TPSA) is 38.3 Å². The number of rotatable bonds is 4. The van der Waals surface area contributed by atoms with E-state index in [-0.39, 0.29) is 12.5 Å². The molecule has 108 valence electrons. The molecule has 3 rings (SSSR count). The average molecular weight is 273 g/mol. The van der Waals surface area contributed by atoms with Crippen LogP contribution in [0.3, 0.4) is 0 Å². The third-order valence-electron chi connectivity index (χ3n) is 4.77. The fourth-order valence-electron chi connectivity index (χ4n) is 3.77. The standard InChI is InChI=1S/C17H23NO2/c1-11-3-6-16(12(2)7-11)20-10-17(19)18-15-9-13-4-5-14(15)8-13/h3,6-7,13-15H,4-5,8-10H2,1-2H3,(H,18,19)/t13-,14-,15-/m0/s1. The van der Waals surface area contributed by atoms with Gasteiger partial charge in [0.25, 0.3) is 5.91 Å². The van der Waals surface area contributed by atoms with E-state index in [2.05, 4.69) is 18.3 Å². The van der Waals surface area contributed by atoms with Gasteiger partial charge in [-0.15, -0.1) is 0 Å². The summed E-state index contributed by atoms with van der Waals surface area (Å²) in [4.78, 5) is 12.0. The first-order valence-corrected chi connectivity index (χ1v) is 7.61. The van der Waals surface area contributed by atoms with Crippen molar-refractivity contribution in [3.8, 4) is 5.75 Å². The minimum atomic E-state index is 0.0162. The molecule has 1 amide bonds. The second-order valence-corrected chi connectivity index (χ2v) is 6.41. The van der Waals surface area contributed by atoms with Gasteiger partial charge < -0.3 is 10.1 Å². The number of fused-ring (bicyclic) bond motifs is 2.